The number of methoxy groups -OCH3 is 2. The van der Waals surface area contributed by atoms with Crippen LogP contribution in [0.2, 0.25) is 0 Å². The van der Waals surface area contributed by atoms with Gasteiger partial charge in [0.15, 0.2) is 11.5 Å². The van der Waals surface area contributed by atoms with Gasteiger partial charge in [0, 0.05) is 6.07 Å². The maximum Gasteiger partial charge on any atom is 0.230 e. The maximum absolute atomic E-state index is 6.04. The molecule has 1 saturated heterocycles. The number of benzene rings is 2. The first-order valence-electron chi connectivity index (χ1n) is 8.03. The molecule has 2 heterocycles. The van der Waals surface area contributed by atoms with Crippen LogP contribution in [-0.4, -0.2) is 37.4 Å². The Morgan fingerprint density at radius 2 is 1.68 bits per heavy atom. The molecule has 0 unspecified atom stereocenters. The highest BCUT2D eigenvalue weighted by atomic mass is 16.5. The van der Waals surface area contributed by atoms with Crippen LogP contribution in [0.5, 0.6) is 23.1 Å². The van der Waals surface area contributed by atoms with Crippen molar-refractivity contribution in [1.29, 1.82) is 0 Å². The topological polar surface area (TPSA) is 62.7 Å². The molecule has 0 radical (unpaired) electrons. The van der Waals surface area contributed by atoms with Crippen molar-refractivity contribution < 1.29 is 18.9 Å². The first-order valence-corrected chi connectivity index (χ1v) is 8.03. The molecule has 1 aromatic heterocycles. The van der Waals surface area contributed by atoms with Crippen molar-refractivity contribution >= 4 is 10.9 Å². The van der Waals surface area contributed by atoms with Gasteiger partial charge in [-0.1, -0.05) is 18.2 Å². The molecule has 0 amide bonds. The van der Waals surface area contributed by atoms with Crippen LogP contribution in [-0.2, 0) is 4.74 Å². The molecule has 1 fully saturated rings. The molecule has 2 aromatic carbocycles. The average Bonchev–Trinajstić information content (AvgIpc) is 2.60. The lowest BCUT2D eigenvalue weighted by atomic mass is 10.1. The minimum Gasteiger partial charge on any atom is -0.493 e. The van der Waals surface area contributed by atoms with Gasteiger partial charge in [-0.05, 0) is 18.2 Å². The zero-order valence-corrected chi connectivity index (χ0v) is 14.1. The molecule has 25 heavy (non-hydrogen) atoms. The Balaban J connectivity index is 1.87. The van der Waals surface area contributed by atoms with Crippen molar-refractivity contribution in [3.63, 3.8) is 0 Å². The number of rotatable bonds is 5. The van der Waals surface area contributed by atoms with Crippen LogP contribution in [0.25, 0.3) is 10.9 Å². The smallest absolute Gasteiger partial charge is 0.230 e. The zero-order valence-electron chi connectivity index (χ0n) is 14.1. The highest BCUT2D eigenvalue weighted by Gasteiger charge is 2.26. The SMILES string of the molecule is COc1cc2nc(C3COC3)nc(Oc3ccccc3)c2cc1OC. The second-order valence-corrected chi connectivity index (χ2v) is 5.76. The van der Waals surface area contributed by atoms with E-state index < -0.39 is 0 Å². The summed E-state index contributed by atoms with van der Waals surface area (Å²) < 4.78 is 22.1. The van der Waals surface area contributed by atoms with Gasteiger partial charge in [-0.25, -0.2) is 4.98 Å². The van der Waals surface area contributed by atoms with E-state index in [1.54, 1.807) is 14.2 Å². The Morgan fingerprint density at radius 1 is 0.960 bits per heavy atom. The first kappa shape index (κ1) is 15.7. The predicted molar refractivity (Wildman–Crippen MR) is 92.7 cm³/mol. The molecule has 4 rings (SSSR count). The number of fused-ring (bicyclic) bond motifs is 1. The van der Waals surface area contributed by atoms with Gasteiger partial charge in [0.1, 0.15) is 11.6 Å². The van der Waals surface area contributed by atoms with Crippen LogP contribution >= 0.6 is 0 Å². The third-order valence-corrected chi connectivity index (χ3v) is 4.14. The fourth-order valence-electron chi connectivity index (χ4n) is 2.69. The van der Waals surface area contributed by atoms with Gasteiger partial charge in [-0.15, -0.1) is 0 Å². The summed E-state index contributed by atoms with van der Waals surface area (Å²) in [5, 5.41) is 0.769. The summed E-state index contributed by atoms with van der Waals surface area (Å²) in [7, 11) is 3.20. The van der Waals surface area contributed by atoms with Gasteiger partial charge in [0.25, 0.3) is 0 Å². The lowest BCUT2D eigenvalue weighted by Crippen LogP contribution is -2.27. The van der Waals surface area contributed by atoms with Crippen LogP contribution in [0.15, 0.2) is 42.5 Å². The Hall–Kier alpha value is -2.86. The van der Waals surface area contributed by atoms with Crippen molar-refractivity contribution in [2.75, 3.05) is 27.4 Å². The molecule has 0 saturated carbocycles. The molecule has 0 spiro atoms. The molecular weight excluding hydrogens is 320 g/mol. The van der Waals surface area contributed by atoms with Gasteiger partial charge < -0.3 is 18.9 Å². The number of aromatic nitrogens is 2. The molecule has 1 aliphatic rings. The van der Waals surface area contributed by atoms with Gasteiger partial charge in [-0.2, -0.15) is 4.98 Å². The van der Waals surface area contributed by atoms with Gasteiger partial charge in [0.05, 0.1) is 44.3 Å². The van der Waals surface area contributed by atoms with E-state index in [4.69, 9.17) is 18.9 Å². The Bertz CT molecular complexity index is 895. The van der Waals surface area contributed by atoms with Crippen LogP contribution < -0.4 is 14.2 Å². The van der Waals surface area contributed by atoms with Crippen LogP contribution in [0.3, 0.4) is 0 Å². The van der Waals surface area contributed by atoms with Crippen LogP contribution in [0.4, 0.5) is 0 Å². The van der Waals surface area contributed by atoms with Crippen molar-refractivity contribution in [3.8, 4) is 23.1 Å². The number of nitrogens with zero attached hydrogens (tertiary/aromatic N) is 2. The summed E-state index contributed by atoms with van der Waals surface area (Å²) in [6.45, 7) is 1.26. The van der Waals surface area contributed by atoms with Crippen LogP contribution in [0, 0.1) is 0 Å². The lowest BCUT2D eigenvalue weighted by molar-refractivity contribution is 0.00485. The summed E-state index contributed by atoms with van der Waals surface area (Å²) in [5.41, 5.74) is 0.750. The molecule has 0 bridgehead atoms. The monoisotopic (exact) mass is 338 g/mol. The van der Waals surface area contributed by atoms with E-state index in [-0.39, 0.29) is 5.92 Å². The minimum atomic E-state index is 0.190. The van der Waals surface area contributed by atoms with E-state index >= 15 is 0 Å². The second kappa shape index (κ2) is 6.57. The summed E-state index contributed by atoms with van der Waals surface area (Å²) >= 11 is 0. The average molecular weight is 338 g/mol. The van der Waals surface area contributed by atoms with Crippen molar-refractivity contribution in [1.82, 2.24) is 9.97 Å². The normalized spacial score (nSPS) is 14.2. The fraction of sp³-hybridized carbons (Fsp3) is 0.263. The van der Waals surface area contributed by atoms with E-state index in [1.807, 2.05) is 42.5 Å². The second-order valence-electron chi connectivity index (χ2n) is 5.76. The van der Waals surface area contributed by atoms with Gasteiger partial charge in [-0.3, -0.25) is 0 Å². The van der Waals surface area contributed by atoms with E-state index in [2.05, 4.69) is 9.97 Å². The zero-order chi connectivity index (χ0) is 17.2. The van der Waals surface area contributed by atoms with E-state index in [1.165, 1.54) is 0 Å². The molecule has 0 aliphatic carbocycles. The highest BCUT2D eigenvalue weighted by Crippen LogP contribution is 2.37. The fourth-order valence-corrected chi connectivity index (χ4v) is 2.69. The third-order valence-electron chi connectivity index (χ3n) is 4.14. The molecule has 128 valence electrons. The quantitative estimate of drug-likeness (QED) is 0.709. The summed E-state index contributed by atoms with van der Waals surface area (Å²) in [4.78, 5) is 9.32. The van der Waals surface area contributed by atoms with E-state index in [0.29, 0.717) is 36.3 Å². The molecule has 0 atom stereocenters. The highest BCUT2D eigenvalue weighted by molar-refractivity contribution is 5.87. The molecular formula is C19H18N2O4. The van der Waals surface area contributed by atoms with Gasteiger partial charge >= 0.3 is 0 Å². The Labute approximate surface area is 145 Å². The summed E-state index contributed by atoms with van der Waals surface area (Å²) in [6.07, 6.45) is 0. The molecule has 6 nitrogen and oxygen atoms in total. The van der Waals surface area contributed by atoms with Crippen LogP contribution in [0.1, 0.15) is 11.7 Å². The number of ether oxygens (including phenoxy) is 4. The lowest BCUT2D eigenvalue weighted by Gasteiger charge is -2.25. The molecule has 0 N–H and O–H groups in total. The van der Waals surface area contributed by atoms with Crippen molar-refractivity contribution in [3.05, 3.63) is 48.3 Å². The van der Waals surface area contributed by atoms with Crippen molar-refractivity contribution in [2.24, 2.45) is 0 Å². The molecule has 6 heteroatoms. The number of hydrogen-bond donors (Lipinski definition) is 0. The third kappa shape index (κ3) is 2.96. The first-order chi connectivity index (χ1) is 12.3. The largest absolute Gasteiger partial charge is 0.493 e. The van der Waals surface area contributed by atoms with Gasteiger partial charge in [0.2, 0.25) is 5.88 Å². The summed E-state index contributed by atoms with van der Waals surface area (Å²) in [6, 6.07) is 13.2. The van der Waals surface area contributed by atoms with E-state index in [9.17, 15) is 0 Å². The maximum atomic E-state index is 6.04. The number of hydrogen-bond acceptors (Lipinski definition) is 6. The number of para-hydroxylation sites is 1. The summed E-state index contributed by atoms with van der Waals surface area (Å²) in [5.74, 6) is 3.35. The Morgan fingerprint density at radius 3 is 2.32 bits per heavy atom. The Kier molecular flexibility index (Phi) is 4.11. The van der Waals surface area contributed by atoms with Crippen molar-refractivity contribution in [2.45, 2.75) is 5.92 Å². The molecule has 3 aromatic rings. The predicted octanol–water partition coefficient (Wildman–Crippen LogP) is 3.55. The van der Waals surface area contributed by atoms with E-state index in [0.717, 1.165) is 16.7 Å². The standard InChI is InChI=1S/C19H18N2O4/c1-22-16-8-14-15(9-17(16)23-2)20-18(12-10-24-11-12)21-19(14)25-13-6-4-3-5-7-13/h3-9,12H,10-11H2,1-2H3. The minimum absolute atomic E-state index is 0.190. The molecule has 1 aliphatic heterocycles.